The first-order chi connectivity index (χ1) is 12.7. The second-order valence-corrected chi connectivity index (χ2v) is 5.93. The number of fused-ring (bicyclic) bond motifs is 2. The number of methoxy groups -OCH3 is 2. The van der Waals surface area contributed by atoms with Crippen LogP contribution in [0, 0.1) is 0 Å². The minimum absolute atomic E-state index is 0.0718. The van der Waals surface area contributed by atoms with Crippen molar-refractivity contribution in [2.75, 3.05) is 26.1 Å². The van der Waals surface area contributed by atoms with Gasteiger partial charge in [0.25, 0.3) is 0 Å². The lowest BCUT2D eigenvalue weighted by atomic mass is 10.1. The number of aromatic nitrogens is 6. The maximum absolute atomic E-state index is 5.51. The van der Waals surface area contributed by atoms with Gasteiger partial charge in [0.2, 0.25) is 11.8 Å². The number of ether oxygens (including phenoxy) is 2. The molecular formula is C17H19N7O2. The van der Waals surface area contributed by atoms with Crippen molar-refractivity contribution in [3.63, 3.8) is 0 Å². The zero-order valence-corrected chi connectivity index (χ0v) is 14.7. The minimum atomic E-state index is 0.0718. The molecule has 0 spiro atoms. The Hall–Kier alpha value is -3.20. The lowest BCUT2D eigenvalue weighted by Crippen LogP contribution is -2.22. The van der Waals surface area contributed by atoms with E-state index in [-0.39, 0.29) is 6.04 Å². The van der Waals surface area contributed by atoms with Gasteiger partial charge in [-0.15, -0.1) is 0 Å². The van der Waals surface area contributed by atoms with Gasteiger partial charge in [-0.05, 0) is 13.0 Å². The molecule has 0 unspecified atom stereocenters. The molecule has 0 saturated heterocycles. The highest BCUT2D eigenvalue weighted by Gasteiger charge is 2.17. The second kappa shape index (κ2) is 6.60. The molecular weight excluding hydrogens is 334 g/mol. The smallest absolute Gasteiger partial charge is 0.228 e. The van der Waals surface area contributed by atoms with E-state index in [2.05, 4.69) is 30.4 Å². The first kappa shape index (κ1) is 16.3. The topological polar surface area (TPSA) is 102 Å². The van der Waals surface area contributed by atoms with Crippen molar-refractivity contribution in [2.24, 2.45) is 0 Å². The van der Waals surface area contributed by atoms with Gasteiger partial charge >= 0.3 is 0 Å². The Labute approximate surface area is 149 Å². The van der Waals surface area contributed by atoms with E-state index in [0.29, 0.717) is 24.1 Å². The molecule has 0 amide bonds. The summed E-state index contributed by atoms with van der Waals surface area (Å²) in [4.78, 5) is 16.9. The quantitative estimate of drug-likeness (QED) is 0.547. The molecule has 4 rings (SSSR count). The van der Waals surface area contributed by atoms with Crippen LogP contribution in [-0.4, -0.2) is 56.4 Å². The third kappa shape index (κ3) is 2.82. The van der Waals surface area contributed by atoms with Crippen molar-refractivity contribution in [1.82, 2.24) is 29.5 Å². The van der Waals surface area contributed by atoms with Crippen LogP contribution in [0.3, 0.4) is 0 Å². The minimum Gasteiger partial charge on any atom is -0.480 e. The predicted octanol–water partition coefficient (Wildman–Crippen LogP) is 2.12. The maximum Gasteiger partial charge on any atom is 0.228 e. The van der Waals surface area contributed by atoms with Crippen LogP contribution in [0.4, 0.5) is 5.95 Å². The van der Waals surface area contributed by atoms with Gasteiger partial charge in [-0.25, -0.2) is 9.50 Å². The average molecular weight is 353 g/mol. The van der Waals surface area contributed by atoms with E-state index in [0.717, 1.165) is 22.3 Å². The summed E-state index contributed by atoms with van der Waals surface area (Å²) in [6.45, 7) is 2.54. The molecule has 0 bridgehead atoms. The zero-order chi connectivity index (χ0) is 18.1. The van der Waals surface area contributed by atoms with Crippen molar-refractivity contribution in [1.29, 1.82) is 0 Å². The fourth-order valence-corrected chi connectivity index (χ4v) is 2.89. The number of aromatic amines is 1. The normalized spacial score (nSPS) is 12.6. The van der Waals surface area contributed by atoms with Crippen LogP contribution in [0.2, 0.25) is 0 Å². The molecule has 0 aliphatic rings. The van der Waals surface area contributed by atoms with Gasteiger partial charge in [-0.1, -0.05) is 0 Å². The van der Waals surface area contributed by atoms with Crippen LogP contribution in [0.5, 0.6) is 5.88 Å². The Bertz CT molecular complexity index is 1060. The fraction of sp³-hybridized carbons (Fsp3) is 0.294. The Kier molecular flexibility index (Phi) is 4.13. The summed E-state index contributed by atoms with van der Waals surface area (Å²) in [5, 5.41) is 8.16. The number of hydrogen-bond donors (Lipinski definition) is 2. The second-order valence-electron chi connectivity index (χ2n) is 5.93. The highest BCUT2D eigenvalue weighted by Crippen LogP contribution is 2.33. The lowest BCUT2D eigenvalue weighted by molar-refractivity contribution is 0.190. The molecule has 0 radical (unpaired) electrons. The molecule has 0 saturated carbocycles. The molecule has 2 N–H and O–H groups in total. The summed E-state index contributed by atoms with van der Waals surface area (Å²) in [5.41, 5.74) is 3.11. The number of anilines is 1. The van der Waals surface area contributed by atoms with E-state index in [1.165, 1.54) is 0 Å². The van der Waals surface area contributed by atoms with Gasteiger partial charge in [0.1, 0.15) is 5.65 Å². The summed E-state index contributed by atoms with van der Waals surface area (Å²) in [6, 6.07) is 3.82. The van der Waals surface area contributed by atoms with Gasteiger partial charge in [-0.3, -0.25) is 0 Å². The van der Waals surface area contributed by atoms with E-state index >= 15 is 0 Å². The molecule has 4 heterocycles. The number of nitrogens with one attached hydrogen (secondary N) is 2. The van der Waals surface area contributed by atoms with Crippen LogP contribution >= 0.6 is 0 Å². The first-order valence-corrected chi connectivity index (χ1v) is 8.19. The lowest BCUT2D eigenvalue weighted by Gasteiger charge is -2.13. The molecule has 26 heavy (non-hydrogen) atoms. The monoisotopic (exact) mass is 353 g/mol. The molecule has 0 aliphatic carbocycles. The van der Waals surface area contributed by atoms with Gasteiger partial charge in [0.15, 0.2) is 5.65 Å². The van der Waals surface area contributed by atoms with Gasteiger partial charge in [0.05, 0.1) is 31.0 Å². The van der Waals surface area contributed by atoms with Crippen molar-refractivity contribution < 1.29 is 9.47 Å². The van der Waals surface area contributed by atoms with E-state index in [1.54, 1.807) is 24.9 Å². The summed E-state index contributed by atoms with van der Waals surface area (Å²) in [5.74, 6) is 0.958. The fourth-order valence-electron chi connectivity index (χ4n) is 2.89. The van der Waals surface area contributed by atoms with E-state index in [1.807, 2.05) is 31.5 Å². The molecule has 9 heteroatoms. The molecule has 0 aliphatic heterocycles. The summed E-state index contributed by atoms with van der Waals surface area (Å²) < 4.78 is 12.4. The Morgan fingerprint density at radius 2 is 2.12 bits per heavy atom. The number of nitrogens with zero attached hydrogens (tertiary/aromatic N) is 5. The van der Waals surface area contributed by atoms with Crippen molar-refractivity contribution in [2.45, 2.75) is 13.0 Å². The molecule has 134 valence electrons. The van der Waals surface area contributed by atoms with Crippen LogP contribution in [0.25, 0.3) is 27.9 Å². The Balaban J connectivity index is 1.79. The van der Waals surface area contributed by atoms with Crippen molar-refractivity contribution >= 4 is 22.6 Å². The third-order valence-electron chi connectivity index (χ3n) is 4.02. The summed E-state index contributed by atoms with van der Waals surface area (Å²) in [7, 11) is 3.25. The predicted molar refractivity (Wildman–Crippen MR) is 97.4 cm³/mol. The SMILES string of the molecule is COC[C@@H](C)Nc1nc(OC)c2c(-c3ccn4nccc4n3)c[nH]c2n1. The van der Waals surface area contributed by atoms with E-state index in [4.69, 9.17) is 9.47 Å². The van der Waals surface area contributed by atoms with Crippen LogP contribution in [0.15, 0.2) is 30.7 Å². The van der Waals surface area contributed by atoms with E-state index in [9.17, 15) is 0 Å². The summed E-state index contributed by atoms with van der Waals surface area (Å²) >= 11 is 0. The van der Waals surface area contributed by atoms with Gasteiger partial charge < -0.3 is 19.8 Å². The summed E-state index contributed by atoms with van der Waals surface area (Å²) in [6.07, 6.45) is 5.44. The molecule has 4 aromatic rings. The zero-order valence-electron chi connectivity index (χ0n) is 14.7. The van der Waals surface area contributed by atoms with Crippen molar-refractivity contribution in [3.05, 3.63) is 30.7 Å². The Morgan fingerprint density at radius 1 is 1.23 bits per heavy atom. The number of H-pyrrole nitrogens is 1. The van der Waals surface area contributed by atoms with Crippen LogP contribution in [0.1, 0.15) is 6.92 Å². The van der Waals surface area contributed by atoms with E-state index < -0.39 is 0 Å². The van der Waals surface area contributed by atoms with Crippen LogP contribution < -0.4 is 10.1 Å². The standard InChI is InChI=1S/C17H19N7O2/c1-10(9-25-2)20-17-22-15-14(16(23-17)26-3)11(8-18-15)12-5-7-24-13(21-12)4-6-19-24/h4-8,10H,9H2,1-3H3,(H2,18,20,22,23)/t10-/m1/s1. The molecule has 0 aromatic carbocycles. The van der Waals surface area contributed by atoms with Gasteiger partial charge in [-0.2, -0.15) is 15.1 Å². The Morgan fingerprint density at radius 3 is 2.92 bits per heavy atom. The molecule has 4 aromatic heterocycles. The van der Waals surface area contributed by atoms with Crippen LogP contribution in [-0.2, 0) is 4.74 Å². The molecule has 1 atom stereocenters. The maximum atomic E-state index is 5.51. The highest BCUT2D eigenvalue weighted by atomic mass is 16.5. The number of rotatable bonds is 6. The molecule has 0 fully saturated rings. The molecule has 9 nitrogen and oxygen atoms in total. The van der Waals surface area contributed by atoms with Crippen molar-refractivity contribution in [3.8, 4) is 17.1 Å². The highest BCUT2D eigenvalue weighted by molar-refractivity contribution is 5.97. The first-order valence-electron chi connectivity index (χ1n) is 8.19. The average Bonchev–Trinajstić information content (AvgIpc) is 3.27. The number of hydrogen-bond acceptors (Lipinski definition) is 7. The van der Waals surface area contributed by atoms with Gasteiger partial charge in [0, 0.05) is 37.2 Å². The third-order valence-corrected chi connectivity index (χ3v) is 4.02. The largest absolute Gasteiger partial charge is 0.480 e.